The predicted molar refractivity (Wildman–Crippen MR) is 59.9 cm³/mol. The highest BCUT2D eigenvalue weighted by molar-refractivity contribution is 8.00. The SMILES string of the molecule is CC(C)[C@@H](NC(=O)C1CCCS1)C(=O)O. The van der Waals surface area contributed by atoms with E-state index in [-0.39, 0.29) is 17.1 Å². The lowest BCUT2D eigenvalue weighted by molar-refractivity contribution is -0.143. The second-order valence-corrected chi connectivity index (χ2v) is 5.38. The fourth-order valence-electron chi connectivity index (χ4n) is 1.54. The van der Waals surface area contributed by atoms with Gasteiger partial charge in [0.25, 0.3) is 0 Å². The van der Waals surface area contributed by atoms with E-state index in [4.69, 9.17) is 5.11 Å². The highest BCUT2D eigenvalue weighted by Gasteiger charge is 2.29. The highest BCUT2D eigenvalue weighted by Crippen LogP contribution is 2.26. The Hall–Kier alpha value is -0.710. The van der Waals surface area contributed by atoms with Gasteiger partial charge in [-0.25, -0.2) is 4.79 Å². The number of rotatable bonds is 4. The van der Waals surface area contributed by atoms with Crippen LogP contribution in [0.25, 0.3) is 0 Å². The van der Waals surface area contributed by atoms with Crippen molar-refractivity contribution in [1.82, 2.24) is 5.32 Å². The zero-order valence-corrected chi connectivity index (χ0v) is 9.84. The summed E-state index contributed by atoms with van der Waals surface area (Å²) in [7, 11) is 0. The van der Waals surface area contributed by atoms with Gasteiger partial charge >= 0.3 is 5.97 Å². The van der Waals surface area contributed by atoms with Gasteiger partial charge in [-0.15, -0.1) is 11.8 Å². The first-order valence-electron chi connectivity index (χ1n) is 5.17. The summed E-state index contributed by atoms with van der Waals surface area (Å²) in [4.78, 5) is 22.5. The molecular weight excluding hydrogens is 214 g/mol. The molecule has 0 aromatic rings. The Balaban J connectivity index is 2.50. The predicted octanol–water partition coefficient (Wildman–Crippen LogP) is 1.11. The van der Waals surface area contributed by atoms with Crippen LogP contribution in [-0.4, -0.2) is 34.0 Å². The Bertz CT molecular complexity index is 249. The number of aliphatic carboxylic acids is 1. The molecule has 0 aliphatic carbocycles. The van der Waals surface area contributed by atoms with Crippen LogP contribution in [0.5, 0.6) is 0 Å². The molecule has 1 saturated heterocycles. The minimum atomic E-state index is -0.957. The van der Waals surface area contributed by atoms with Crippen molar-refractivity contribution in [3.63, 3.8) is 0 Å². The molecule has 1 aliphatic heterocycles. The molecule has 5 heteroatoms. The van der Waals surface area contributed by atoms with E-state index in [9.17, 15) is 9.59 Å². The fraction of sp³-hybridized carbons (Fsp3) is 0.800. The van der Waals surface area contributed by atoms with Gasteiger partial charge < -0.3 is 10.4 Å². The third-order valence-corrected chi connectivity index (χ3v) is 3.83. The summed E-state index contributed by atoms with van der Waals surface area (Å²) in [5.41, 5.74) is 0. The molecule has 0 spiro atoms. The molecule has 0 aromatic carbocycles. The van der Waals surface area contributed by atoms with E-state index < -0.39 is 12.0 Å². The molecule has 1 rings (SSSR count). The van der Waals surface area contributed by atoms with Crippen molar-refractivity contribution in [3.05, 3.63) is 0 Å². The summed E-state index contributed by atoms with van der Waals surface area (Å²) in [6.45, 7) is 3.59. The molecular formula is C10H17NO3S. The monoisotopic (exact) mass is 231 g/mol. The number of carbonyl (C=O) groups excluding carboxylic acids is 1. The smallest absolute Gasteiger partial charge is 0.326 e. The van der Waals surface area contributed by atoms with Gasteiger partial charge in [0, 0.05) is 0 Å². The molecule has 1 heterocycles. The quantitative estimate of drug-likeness (QED) is 0.760. The zero-order valence-electron chi connectivity index (χ0n) is 9.03. The second-order valence-electron chi connectivity index (χ2n) is 4.07. The fourth-order valence-corrected chi connectivity index (χ4v) is 2.71. The number of carbonyl (C=O) groups is 2. The molecule has 0 radical (unpaired) electrons. The van der Waals surface area contributed by atoms with Crippen molar-refractivity contribution in [2.45, 2.75) is 38.0 Å². The lowest BCUT2D eigenvalue weighted by Gasteiger charge is -2.19. The van der Waals surface area contributed by atoms with Crippen molar-refractivity contribution >= 4 is 23.6 Å². The van der Waals surface area contributed by atoms with E-state index in [0.29, 0.717) is 0 Å². The van der Waals surface area contributed by atoms with Gasteiger partial charge in [-0.1, -0.05) is 13.8 Å². The molecule has 0 aromatic heterocycles. The standard InChI is InChI=1S/C10H17NO3S/c1-6(2)8(10(13)14)11-9(12)7-4-3-5-15-7/h6-8H,3-5H2,1-2H3,(H,11,12)(H,13,14)/t7?,8-/m1/s1. The van der Waals surface area contributed by atoms with Crippen LogP contribution >= 0.6 is 11.8 Å². The molecule has 4 nitrogen and oxygen atoms in total. The van der Waals surface area contributed by atoms with Crippen molar-refractivity contribution in [2.75, 3.05) is 5.75 Å². The van der Waals surface area contributed by atoms with Crippen LogP contribution in [-0.2, 0) is 9.59 Å². The molecule has 15 heavy (non-hydrogen) atoms. The second kappa shape index (κ2) is 5.39. The Kier molecular flexibility index (Phi) is 4.45. The van der Waals surface area contributed by atoms with Crippen LogP contribution in [0.4, 0.5) is 0 Å². The van der Waals surface area contributed by atoms with Gasteiger partial charge in [0.15, 0.2) is 0 Å². The van der Waals surface area contributed by atoms with E-state index in [1.54, 1.807) is 25.6 Å². The average molecular weight is 231 g/mol. The van der Waals surface area contributed by atoms with Gasteiger partial charge in [-0.05, 0) is 24.5 Å². The first kappa shape index (κ1) is 12.4. The molecule has 1 fully saturated rings. The van der Waals surface area contributed by atoms with Crippen molar-refractivity contribution in [2.24, 2.45) is 5.92 Å². The average Bonchev–Trinajstić information content (AvgIpc) is 2.65. The van der Waals surface area contributed by atoms with Crippen LogP contribution in [0.1, 0.15) is 26.7 Å². The topological polar surface area (TPSA) is 66.4 Å². The molecule has 0 bridgehead atoms. The maximum absolute atomic E-state index is 11.7. The van der Waals surface area contributed by atoms with E-state index in [2.05, 4.69) is 5.32 Å². The molecule has 1 unspecified atom stereocenters. The zero-order chi connectivity index (χ0) is 11.4. The Morgan fingerprint density at radius 3 is 2.53 bits per heavy atom. The molecule has 1 aliphatic rings. The largest absolute Gasteiger partial charge is 0.480 e. The lowest BCUT2D eigenvalue weighted by atomic mass is 10.0. The first-order chi connectivity index (χ1) is 7.02. The molecule has 1 amide bonds. The first-order valence-corrected chi connectivity index (χ1v) is 6.22. The number of amides is 1. The van der Waals surface area contributed by atoms with Crippen molar-refractivity contribution in [3.8, 4) is 0 Å². The summed E-state index contributed by atoms with van der Waals surface area (Å²) in [6.07, 6.45) is 1.91. The number of thioether (sulfide) groups is 1. The van der Waals surface area contributed by atoms with E-state index in [0.717, 1.165) is 18.6 Å². The minimum Gasteiger partial charge on any atom is -0.480 e. The van der Waals surface area contributed by atoms with Gasteiger partial charge in [-0.2, -0.15) is 0 Å². The van der Waals surface area contributed by atoms with Crippen LogP contribution in [0.2, 0.25) is 0 Å². The molecule has 2 N–H and O–H groups in total. The van der Waals surface area contributed by atoms with E-state index in [1.165, 1.54) is 0 Å². The molecule has 0 saturated carbocycles. The molecule has 2 atom stereocenters. The van der Waals surface area contributed by atoms with Gasteiger partial charge in [0.05, 0.1) is 5.25 Å². The van der Waals surface area contributed by atoms with Gasteiger partial charge in [0.2, 0.25) is 5.91 Å². The van der Waals surface area contributed by atoms with Crippen LogP contribution in [0.15, 0.2) is 0 Å². The summed E-state index contributed by atoms with van der Waals surface area (Å²) in [5.74, 6) is -0.171. The normalized spacial score (nSPS) is 22.7. The van der Waals surface area contributed by atoms with Crippen LogP contribution in [0.3, 0.4) is 0 Å². The Morgan fingerprint density at radius 2 is 2.13 bits per heavy atom. The van der Waals surface area contributed by atoms with Gasteiger partial charge in [0.1, 0.15) is 6.04 Å². The van der Waals surface area contributed by atoms with Crippen molar-refractivity contribution < 1.29 is 14.7 Å². The number of nitrogens with one attached hydrogen (secondary N) is 1. The third-order valence-electron chi connectivity index (χ3n) is 2.45. The number of hydrogen-bond donors (Lipinski definition) is 2. The summed E-state index contributed by atoms with van der Waals surface area (Å²) in [5, 5.41) is 11.5. The lowest BCUT2D eigenvalue weighted by Crippen LogP contribution is -2.47. The number of carboxylic acids is 1. The maximum atomic E-state index is 11.7. The highest BCUT2D eigenvalue weighted by atomic mass is 32.2. The summed E-state index contributed by atoms with van der Waals surface area (Å²) >= 11 is 1.61. The maximum Gasteiger partial charge on any atom is 0.326 e. The Labute approximate surface area is 93.8 Å². The summed E-state index contributed by atoms with van der Waals surface area (Å²) < 4.78 is 0. The van der Waals surface area contributed by atoms with Gasteiger partial charge in [-0.3, -0.25) is 4.79 Å². The van der Waals surface area contributed by atoms with Crippen molar-refractivity contribution in [1.29, 1.82) is 0 Å². The third kappa shape index (κ3) is 3.41. The molecule has 86 valence electrons. The van der Waals surface area contributed by atoms with Crippen LogP contribution in [0, 0.1) is 5.92 Å². The minimum absolute atomic E-state index is 0.0504. The van der Waals surface area contributed by atoms with Crippen LogP contribution < -0.4 is 5.32 Å². The Morgan fingerprint density at radius 1 is 1.47 bits per heavy atom. The number of hydrogen-bond acceptors (Lipinski definition) is 3. The number of carboxylic acid groups (broad SMARTS) is 1. The van der Waals surface area contributed by atoms with E-state index in [1.807, 2.05) is 0 Å². The summed E-state index contributed by atoms with van der Waals surface area (Å²) in [6, 6.07) is -0.765. The van der Waals surface area contributed by atoms with E-state index >= 15 is 0 Å².